The number of H-pyrrole nitrogens is 1. The van der Waals surface area contributed by atoms with E-state index < -0.39 is 5.97 Å². The number of carbonyl (C=O) groups is 1. The van der Waals surface area contributed by atoms with Crippen molar-refractivity contribution >= 4 is 5.97 Å². The van der Waals surface area contributed by atoms with Gasteiger partial charge in [-0.05, 0) is 19.0 Å². The third kappa shape index (κ3) is 2.18. The predicted molar refractivity (Wildman–Crippen MR) is 54.8 cm³/mol. The Morgan fingerprint density at radius 3 is 3.00 bits per heavy atom. The van der Waals surface area contributed by atoms with E-state index in [1.165, 1.54) is 0 Å². The van der Waals surface area contributed by atoms with Crippen molar-refractivity contribution in [3.8, 4) is 0 Å². The number of aromatic nitrogens is 2. The van der Waals surface area contributed by atoms with E-state index in [0.29, 0.717) is 5.69 Å². The first kappa shape index (κ1) is 10.2. The van der Waals surface area contributed by atoms with E-state index in [9.17, 15) is 4.79 Å². The second-order valence-electron chi connectivity index (χ2n) is 4.00. The fraction of sp³-hybridized carbons (Fsp3) is 0.600. The maximum atomic E-state index is 10.6. The molecule has 0 aromatic carbocycles. The van der Waals surface area contributed by atoms with Crippen LogP contribution in [0.15, 0.2) is 0 Å². The smallest absolute Gasteiger partial charge is 0.309 e. The second-order valence-corrected chi connectivity index (χ2v) is 4.00. The zero-order valence-corrected chi connectivity index (χ0v) is 8.79. The Morgan fingerprint density at radius 1 is 1.53 bits per heavy atom. The zero-order valence-electron chi connectivity index (χ0n) is 8.79. The summed E-state index contributed by atoms with van der Waals surface area (Å²) in [5.41, 5.74) is 2.92. The maximum Gasteiger partial charge on any atom is 0.309 e. The summed E-state index contributed by atoms with van der Waals surface area (Å²) in [6.45, 7) is 1.97. The Morgan fingerprint density at radius 2 is 2.27 bits per heavy atom. The van der Waals surface area contributed by atoms with Crippen LogP contribution < -0.4 is 0 Å². The van der Waals surface area contributed by atoms with Crippen LogP contribution in [-0.2, 0) is 24.1 Å². The Balaban J connectivity index is 2.22. The number of carboxylic acids is 1. The van der Waals surface area contributed by atoms with Gasteiger partial charge in [-0.1, -0.05) is 0 Å². The molecule has 0 fully saturated rings. The molecular formula is C10H15N3O2. The van der Waals surface area contributed by atoms with E-state index in [1.54, 1.807) is 0 Å². The first-order chi connectivity index (χ1) is 7.16. The summed E-state index contributed by atoms with van der Waals surface area (Å²) in [4.78, 5) is 12.9. The van der Waals surface area contributed by atoms with Gasteiger partial charge in [0.15, 0.2) is 0 Å². The topological polar surface area (TPSA) is 69.2 Å². The van der Waals surface area contributed by atoms with Gasteiger partial charge >= 0.3 is 5.97 Å². The number of hydrogen-bond donors (Lipinski definition) is 2. The number of carboxylic acid groups (broad SMARTS) is 1. The lowest BCUT2D eigenvalue weighted by Gasteiger charge is -2.11. The van der Waals surface area contributed by atoms with Crippen LogP contribution in [-0.4, -0.2) is 46.3 Å². The molecule has 0 unspecified atom stereocenters. The lowest BCUT2D eigenvalue weighted by Crippen LogP contribution is -2.21. The lowest BCUT2D eigenvalue weighted by atomic mass is 10.1. The first-order valence-corrected chi connectivity index (χ1v) is 5.12. The van der Waals surface area contributed by atoms with Gasteiger partial charge in [-0.2, -0.15) is 5.10 Å². The monoisotopic (exact) mass is 209 g/mol. The van der Waals surface area contributed by atoms with Gasteiger partial charge in [0.1, 0.15) is 0 Å². The van der Waals surface area contributed by atoms with Crippen LogP contribution in [0.2, 0.25) is 0 Å². The Labute approximate surface area is 88.1 Å². The van der Waals surface area contributed by atoms with Gasteiger partial charge in [0.2, 0.25) is 0 Å². The molecule has 2 N–H and O–H groups in total. The van der Waals surface area contributed by atoms with E-state index in [-0.39, 0.29) is 6.42 Å². The first-order valence-electron chi connectivity index (χ1n) is 5.12. The third-order valence-electron chi connectivity index (χ3n) is 2.84. The van der Waals surface area contributed by atoms with Crippen molar-refractivity contribution in [2.24, 2.45) is 0 Å². The van der Waals surface area contributed by atoms with Crippen LogP contribution in [0.3, 0.4) is 0 Å². The molecular weight excluding hydrogens is 194 g/mol. The average molecular weight is 209 g/mol. The van der Waals surface area contributed by atoms with E-state index in [0.717, 1.165) is 37.2 Å². The van der Waals surface area contributed by atoms with Crippen LogP contribution >= 0.6 is 0 Å². The molecule has 5 heteroatoms. The average Bonchev–Trinajstić information content (AvgIpc) is 2.43. The molecule has 0 saturated heterocycles. The van der Waals surface area contributed by atoms with E-state index in [2.05, 4.69) is 22.1 Å². The number of nitrogens with one attached hydrogen (secondary N) is 1. The number of aromatic amines is 1. The van der Waals surface area contributed by atoms with E-state index in [1.807, 2.05) is 0 Å². The largest absolute Gasteiger partial charge is 0.481 e. The van der Waals surface area contributed by atoms with Crippen LogP contribution in [0.4, 0.5) is 0 Å². The summed E-state index contributed by atoms with van der Waals surface area (Å²) >= 11 is 0. The molecule has 0 radical (unpaired) electrons. The quantitative estimate of drug-likeness (QED) is 0.723. The van der Waals surface area contributed by atoms with Crippen molar-refractivity contribution in [3.63, 3.8) is 0 Å². The molecule has 1 aliphatic heterocycles. The standard InChI is InChI=1S/C10H15N3O2/c1-13-4-2-7-8(3-5-13)11-12-9(7)6-10(14)15/h2-6H2,1H3,(H,11,12)(H,14,15). The second kappa shape index (κ2) is 4.02. The van der Waals surface area contributed by atoms with Gasteiger partial charge in [-0.15, -0.1) is 0 Å². The molecule has 2 heterocycles. The fourth-order valence-electron chi connectivity index (χ4n) is 1.95. The highest BCUT2D eigenvalue weighted by atomic mass is 16.4. The Hall–Kier alpha value is -1.36. The molecule has 2 rings (SSSR count). The van der Waals surface area contributed by atoms with Crippen LogP contribution in [0.5, 0.6) is 0 Å². The predicted octanol–water partition coefficient (Wildman–Crippen LogP) is 0.0672. The van der Waals surface area contributed by atoms with Gasteiger partial charge < -0.3 is 10.0 Å². The van der Waals surface area contributed by atoms with Gasteiger partial charge in [-0.3, -0.25) is 9.89 Å². The van der Waals surface area contributed by atoms with Crippen molar-refractivity contribution in [2.45, 2.75) is 19.3 Å². The molecule has 0 atom stereocenters. The minimum Gasteiger partial charge on any atom is -0.481 e. The fourth-order valence-corrected chi connectivity index (χ4v) is 1.95. The van der Waals surface area contributed by atoms with Crippen molar-refractivity contribution in [1.29, 1.82) is 0 Å². The molecule has 1 aromatic rings. The number of nitrogens with zero attached hydrogens (tertiary/aromatic N) is 2. The lowest BCUT2D eigenvalue weighted by molar-refractivity contribution is -0.136. The summed E-state index contributed by atoms with van der Waals surface area (Å²) in [6, 6.07) is 0. The Bertz CT molecular complexity index is 373. The third-order valence-corrected chi connectivity index (χ3v) is 2.84. The molecule has 0 amide bonds. The van der Waals surface area contributed by atoms with Crippen LogP contribution in [0.1, 0.15) is 17.0 Å². The summed E-state index contributed by atoms with van der Waals surface area (Å²) in [7, 11) is 2.08. The van der Waals surface area contributed by atoms with Gasteiger partial charge in [0, 0.05) is 25.2 Å². The highest BCUT2D eigenvalue weighted by molar-refractivity contribution is 5.70. The number of likely N-dealkylation sites (N-methyl/N-ethyl adjacent to an activating group) is 1. The molecule has 0 bridgehead atoms. The van der Waals surface area contributed by atoms with Crippen LogP contribution in [0, 0.1) is 0 Å². The van der Waals surface area contributed by atoms with Crippen LogP contribution in [0.25, 0.3) is 0 Å². The highest BCUT2D eigenvalue weighted by Crippen LogP contribution is 2.17. The number of aliphatic carboxylic acids is 1. The molecule has 1 aliphatic rings. The maximum absolute atomic E-state index is 10.6. The minimum atomic E-state index is -0.818. The highest BCUT2D eigenvalue weighted by Gasteiger charge is 2.18. The molecule has 0 saturated carbocycles. The van der Waals surface area contributed by atoms with Gasteiger partial charge in [0.25, 0.3) is 0 Å². The van der Waals surface area contributed by atoms with Crippen molar-refractivity contribution in [1.82, 2.24) is 15.1 Å². The summed E-state index contributed by atoms with van der Waals surface area (Å²) in [6.07, 6.45) is 1.85. The van der Waals surface area contributed by atoms with Gasteiger partial charge in [0.05, 0.1) is 12.1 Å². The summed E-state index contributed by atoms with van der Waals surface area (Å²) in [5.74, 6) is -0.818. The van der Waals surface area contributed by atoms with E-state index in [4.69, 9.17) is 5.11 Å². The number of rotatable bonds is 2. The number of hydrogen-bond acceptors (Lipinski definition) is 3. The van der Waals surface area contributed by atoms with Gasteiger partial charge in [-0.25, -0.2) is 0 Å². The van der Waals surface area contributed by atoms with Crippen molar-refractivity contribution in [3.05, 3.63) is 17.0 Å². The molecule has 15 heavy (non-hydrogen) atoms. The van der Waals surface area contributed by atoms with E-state index >= 15 is 0 Å². The normalized spacial score (nSPS) is 17.1. The molecule has 0 spiro atoms. The summed E-state index contributed by atoms with van der Waals surface area (Å²) < 4.78 is 0. The zero-order chi connectivity index (χ0) is 10.8. The SMILES string of the molecule is CN1CCc2[nH]nc(CC(=O)O)c2CC1. The van der Waals surface area contributed by atoms with Crippen molar-refractivity contribution in [2.75, 3.05) is 20.1 Å². The molecule has 1 aromatic heterocycles. The Kier molecular flexibility index (Phi) is 2.73. The molecule has 82 valence electrons. The molecule has 5 nitrogen and oxygen atoms in total. The minimum absolute atomic E-state index is 0.0234. The molecule has 0 aliphatic carbocycles. The summed E-state index contributed by atoms with van der Waals surface area (Å²) in [5, 5.41) is 15.8. The number of fused-ring (bicyclic) bond motifs is 1. The van der Waals surface area contributed by atoms with Crippen molar-refractivity contribution < 1.29 is 9.90 Å².